The van der Waals surface area contributed by atoms with Gasteiger partial charge in [-0.25, -0.2) is 0 Å². The van der Waals surface area contributed by atoms with Gasteiger partial charge in [-0.3, -0.25) is 0 Å². The SMILES string of the molecule is CCC(C)CC(C)n1ccc2c1CCCC2O. The van der Waals surface area contributed by atoms with Crippen molar-refractivity contribution in [2.75, 3.05) is 0 Å². The Hall–Kier alpha value is -0.760. The largest absolute Gasteiger partial charge is 0.388 e. The Morgan fingerprint density at radius 3 is 2.94 bits per heavy atom. The van der Waals surface area contributed by atoms with Gasteiger partial charge in [0.15, 0.2) is 0 Å². The summed E-state index contributed by atoms with van der Waals surface area (Å²) in [5.41, 5.74) is 2.55. The number of fused-ring (bicyclic) bond motifs is 1. The van der Waals surface area contributed by atoms with Crippen molar-refractivity contribution in [2.24, 2.45) is 5.92 Å². The monoisotopic (exact) mass is 235 g/mol. The van der Waals surface area contributed by atoms with Crippen LogP contribution in [0, 0.1) is 5.92 Å². The van der Waals surface area contributed by atoms with Gasteiger partial charge in [0, 0.05) is 23.5 Å². The Kier molecular flexibility index (Phi) is 3.93. The van der Waals surface area contributed by atoms with Crippen molar-refractivity contribution >= 4 is 0 Å². The molecule has 0 fully saturated rings. The molecule has 0 amide bonds. The number of rotatable bonds is 4. The van der Waals surface area contributed by atoms with Gasteiger partial charge in [0.05, 0.1) is 6.10 Å². The first kappa shape index (κ1) is 12.7. The first-order valence-electron chi connectivity index (χ1n) is 7.01. The van der Waals surface area contributed by atoms with Crippen LogP contribution >= 0.6 is 0 Å². The molecular formula is C15H25NO. The first-order chi connectivity index (χ1) is 8.13. The average molecular weight is 235 g/mol. The van der Waals surface area contributed by atoms with Gasteiger partial charge < -0.3 is 9.67 Å². The van der Waals surface area contributed by atoms with Crippen LogP contribution in [0.25, 0.3) is 0 Å². The predicted molar refractivity (Wildman–Crippen MR) is 71.1 cm³/mol. The summed E-state index contributed by atoms with van der Waals surface area (Å²) < 4.78 is 2.39. The van der Waals surface area contributed by atoms with E-state index in [0.717, 1.165) is 25.2 Å². The molecule has 96 valence electrons. The van der Waals surface area contributed by atoms with Crippen molar-refractivity contribution in [3.8, 4) is 0 Å². The van der Waals surface area contributed by atoms with Crippen molar-refractivity contribution in [3.63, 3.8) is 0 Å². The topological polar surface area (TPSA) is 25.2 Å². The lowest BCUT2D eigenvalue weighted by Crippen LogP contribution is -2.15. The Morgan fingerprint density at radius 2 is 2.24 bits per heavy atom. The minimum Gasteiger partial charge on any atom is -0.388 e. The van der Waals surface area contributed by atoms with Crippen molar-refractivity contribution in [2.45, 2.75) is 65.0 Å². The third-order valence-electron chi connectivity index (χ3n) is 4.23. The lowest BCUT2D eigenvalue weighted by molar-refractivity contribution is 0.155. The van der Waals surface area contributed by atoms with Crippen LogP contribution < -0.4 is 0 Å². The second kappa shape index (κ2) is 5.26. The van der Waals surface area contributed by atoms with Crippen LogP contribution in [0.4, 0.5) is 0 Å². The van der Waals surface area contributed by atoms with E-state index in [1.165, 1.54) is 24.1 Å². The summed E-state index contributed by atoms with van der Waals surface area (Å²) in [6, 6.07) is 2.67. The summed E-state index contributed by atoms with van der Waals surface area (Å²) in [5, 5.41) is 9.97. The van der Waals surface area contributed by atoms with Crippen LogP contribution in [0.3, 0.4) is 0 Å². The minimum atomic E-state index is -0.226. The Labute approximate surface area is 105 Å². The molecule has 2 heteroatoms. The van der Waals surface area contributed by atoms with E-state index in [2.05, 4.69) is 37.6 Å². The van der Waals surface area contributed by atoms with E-state index in [1.54, 1.807) is 0 Å². The molecule has 0 aromatic carbocycles. The van der Waals surface area contributed by atoms with E-state index in [9.17, 15) is 5.11 Å². The molecule has 3 atom stereocenters. The smallest absolute Gasteiger partial charge is 0.0807 e. The maximum absolute atomic E-state index is 9.97. The first-order valence-corrected chi connectivity index (χ1v) is 7.01. The summed E-state index contributed by atoms with van der Waals surface area (Å²) >= 11 is 0. The van der Waals surface area contributed by atoms with Crippen LogP contribution in [0.5, 0.6) is 0 Å². The van der Waals surface area contributed by atoms with Crippen molar-refractivity contribution in [3.05, 3.63) is 23.5 Å². The molecule has 0 bridgehead atoms. The molecule has 1 heterocycles. The third-order valence-corrected chi connectivity index (χ3v) is 4.23. The molecule has 17 heavy (non-hydrogen) atoms. The van der Waals surface area contributed by atoms with Crippen molar-refractivity contribution in [1.82, 2.24) is 4.57 Å². The van der Waals surface area contributed by atoms with Crippen molar-refractivity contribution < 1.29 is 5.11 Å². The fourth-order valence-corrected chi connectivity index (χ4v) is 2.97. The van der Waals surface area contributed by atoms with E-state index in [1.807, 2.05) is 0 Å². The highest BCUT2D eigenvalue weighted by Crippen LogP contribution is 2.33. The second-order valence-electron chi connectivity index (χ2n) is 5.63. The van der Waals surface area contributed by atoms with E-state index in [0.29, 0.717) is 6.04 Å². The predicted octanol–water partition coefficient (Wildman–Crippen LogP) is 3.86. The van der Waals surface area contributed by atoms with Crippen molar-refractivity contribution in [1.29, 1.82) is 0 Å². The van der Waals surface area contributed by atoms with E-state index >= 15 is 0 Å². The van der Waals surface area contributed by atoms with Crippen LogP contribution in [0.1, 0.15) is 69.9 Å². The summed E-state index contributed by atoms with van der Waals surface area (Å²) in [6.07, 6.45) is 7.60. The van der Waals surface area contributed by atoms with Crippen LogP contribution in [-0.2, 0) is 6.42 Å². The molecular weight excluding hydrogens is 210 g/mol. The number of aromatic nitrogens is 1. The molecule has 0 saturated heterocycles. The van der Waals surface area contributed by atoms with Crippen LogP contribution in [0.2, 0.25) is 0 Å². The lowest BCUT2D eigenvalue weighted by atomic mass is 9.94. The number of aliphatic hydroxyl groups is 1. The highest BCUT2D eigenvalue weighted by molar-refractivity contribution is 5.27. The van der Waals surface area contributed by atoms with Gasteiger partial charge >= 0.3 is 0 Å². The molecule has 0 aliphatic heterocycles. The molecule has 2 nitrogen and oxygen atoms in total. The molecule has 0 radical (unpaired) electrons. The molecule has 1 aromatic rings. The zero-order valence-electron chi connectivity index (χ0n) is 11.3. The van der Waals surface area contributed by atoms with Gasteiger partial charge in [-0.15, -0.1) is 0 Å². The molecule has 1 aromatic heterocycles. The highest BCUT2D eigenvalue weighted by Gasteiger charge is 2.23. The van der Waals surface area contributed by atoms with Gasteiger partial charge in [0.25, 0.3) is 0 Å². The molecule has 1 N–H and O–H groups in total. The summed E-state index contributed by atoms with van der Waals surface area (Å²) in [4.78, 5) is 0. The zero-order chi connectivity index (χ0) is 12.4. The van der Waals surface area contributed by atoms with Gasteiger partial charge in [-0.05, 0) is 44.6 Å². The fourth-order valence-electron chi connectivity index (χ4n) is 2.97. The van der Waals surface area contributed by atoms with E-state index in [4.69, 9.17) is 0 Å². The maximum Gasteiger partial charge on any atom is 0.0807 e. The van der Waals surface area contributed by atoms with E-state index in [-0.39, 0.29) is 6.10 Å². The third kappa shape index (κ3) is 2.57. The summed E-state index contributed by atoms with van der Waals surface area (Å²) in [6.45, 7) is 6.88. The number of hydrogen-bond acceptors (Lipinski definition) is 1. The molecule has 3 unspecified atom stereocenters. The minimum absolute atomic E-state index is 0.226. The molecule has 1 aliphatic rings. The Bertz CT molecular complexity index is 369. The zero-order valence-corrected chi connectivity index (χ0v) is 11.3. The lowest BCUT2D eigenvalue weighted by Gasteiger charge is -2.24. The standard InChI is InChI=1S/C15H25NO/c1-4-11(2)10-12(3)16-9-8-13-14(16)6-5-7-15(13)17/h8-9,11-12,15,17H,4-7,10H2,1-3H3. The number of aliphatic hydroxyl groups excluding tert-OH is 1. The second-order valence-corrected chi connectivity index (χ2v) is 5.63. The van der Waals surface area contributed by atoms with Gasteiger partial charge in [0.2, 0.25) is 0 Å². The van der Waals surface area contributed by atoms with Gasteiger partial charge in [0.1, 0.15) is 0 Å². The Balaban J connectivity index is 2.16. The normalized spacial score (nSPS) is 23.2. The summed E-state index contributed by atoms with van der Waals surface area (Å²) in [7, 11) is 0. The fraction of sp³-hybridized carbons (Fsp3) is 0.733. The maximum atomic E-state index is 9.97. The quantitative estimate of drug-likeness (QED) is 0.842. The molecule has 0 spiro atoms. The van der Waals surface area contributed by atoms with E-state index < -0.39 is 0 Å². The van der Waals surface area contributed by atoms with Crippen LogP contribution in [0.15, 0.2) is 12.3 Å². The highest BCUT2D eigenvalue weighted by atomic mass is 16.3. The number of nitrogens with zero attached hydrogens (tertiary/aromatic N) is 1. The van der Waals surface area contributed by atoms with Gasteiger partial charge in [-0.1, -0.05) is 20.3 Å². The molecule has 0 saturated carbocycles. The van der Waals surface area contributed by atoms with Gasteiger partial charge in [-0.2, -0.15) is 0 Å². The number of hydrogen-bond donors (Lipinski definition) is 1. The summed E-state index contributed by atoms with van der Waals surface area (Å²) in [5.74, 6) is 0.775. The van der Waals surface area contributed by atoms with Crippen LogP contribution in [-0.4, -0.2) is 9.67 Å². The Morgan fingerprint density at radius 1 is 1.47 bits per heavy atom. The molecule has 2 rings (SSSR count). The average Bonchev–Trinajstić information content (AvgIpc) is 2.74. The molecule has 1 aliphatic carbocycles.